The highest BCUT2D eigenvalue weighted by molar-refractivity contribution is 5.79. The summed E-state index contributed by atoms with van der Waals surface area (Å²) in [5, 5.41) is 2.49. The fourth-order valence-electron chi connectivity index (χ4n) is 2.12. The van der Waals surface area contributed by atoms with Crippen molar-refractivity contribution >= 4 is 5.91 Å². The van der Waals surface area contributed by atoms with Crippen LogP contribution >= 0.6 is 0 Å². The van der Waals surface area contributed by atoms with E-state index in [2.05, 4.69) is 5.32 Å². The highest BCUT2D eigenvalue weighted by Gasteiger charge is 2.51. The van der Waals surface area contributed by atoms with Crippen LogP contribution in [0.15, 0.2) is 0 Å². The fraction of sp³-hybridized carbons (Fsp3) is 0.909. The van der Waals surface area contributed by atoms with Crippen LogP contribution < -0.4 is 5.32 Å². The van der Waals surface area contributed by atoms with Gasteiger partial charge in [-0.25, -0.2) is 0 Å². The van der Waals surface area contributed by atoms with E-state index in [-0.39, 0.29) is 19.6 Å². The van der Waals surface area contributed by atoms with Gasteiger partial charge in [0.25, 0.3) is 0 Å². The number of hydrogen-bond acceptors (Lipinski definition) is 3. The van der Waals surface area contributed by atoms with E-state index in [9.17, 15) is 18.0 Å². The molecule has 0 spiro atoms. The minimum atomic E-state index is -4.33. The molecule has 0 aliphatic carbocycles. The molecular weight excluding hydrogens is 249 g/mol. The summed E-state index contributed by atoms with van der Waals surface area (Å²) in [6.07, 6.45) is -4.33. The molecule has 0 bridgehead atoms. The molecule has 1 heterocycles. The van der Waals surface area contributed by atoms with Gasteiger partial charge >= 0.3 is 6.18 Å². The molecule has 7 heteroatoms. The van der Waals surface area contributed by atoms with Gasteiger partial charge in [-0.3, -0.25) is 4.79 Å². The molecule has 0 saturated carbocycles. The first-order valence-corrected chi connectivity index (χ1v) is 5.97. The predicted molar refractivity (Wildman–Crippen MR) is 60.0 cm³/mol. The van der Waals surface area contributed by atoms with Crippen molar-refractivity contribution in [1.29, 1.82) is 0 Å². The quantitative estimate of drug-likeness (QED) is 0.753. The third-order valence-electron chi connectivity index (χ3n) is 3.01. The number of alkyl halides is 3. The van der Waals surface area contributed by atoms with Crippen molar-refractivity contribution in [2.24, 2.45) is 11.8 Å². The lowest BCUT2D eigenvalue weighted by Gasteiger charge is -2.20. The number of nitrogens with zero attached hydrogens (tertiary/aromatic N) is 1. The average molecular weight is 268 g/mol. The largest absolute Gasteiger partial charge is 0.393 e. The Morgan fingerprint density at radius 1 is 1.44 bits per heavy atom. The second-order valence-electron chi connectivity index (χ2n) is 4.46. The van der Waals surface area contributed by atoms with Crippen molar-refractivity contribution in [1.82, 2.24) is 10.2 Å². The van der Waals surface area contributed by atoms with Crippen LogP contribution in [0.3, 0.4) is 0 Å². The van der Waals surface area contributed by atoms with Gasteiger partial charge in [0.1, 0.15) is 0 Å². The van der Waals surface area contributed by atoms with E-state index < -0.39 is 23.9 Å². The molecule has 18 heavy (non-hydrogen) atoms. The van der Waals surface area contributed by atoms with E-state index in [1.165, 1.54) is 4.90 Å². The molecular formula is C11H19F3N2O2. The molecule has 106 valence electrons. The van der Waals surface area contributed by atoms with Gasteiger partial charge in [0.2, 0.25) is 5.91 Å². The monoisotopic (exact) mass is 268 g/mol. The SMILES string of the molecule is CCOCCNC(=O)[C@@H]1CN(C)C[C@H]1C(F)(F)F. The van der Waals surface area contributed by atoms with Gasteiger partial charge in [-0.1, -0.05) is 0 Å². The molecule has 0 aromatic heterocycles. The smallest absolute Gasteiger partial charge is 0.380 e. The highest BCUT2D eigenvalue weighted by Crippen LogP contribution is 2.36. The van der Waals surface area contributed by atoms with Gasteiger partial charge < -0.3 is 15.0 Å². The maximum Gasteiger partial charge on any atom is 0.393 e. The molecule has 0 aromatic rings. The number of amides is 1. The summed E-state index contributed by atoms with van der Waals surface area (Å²) in [6, 6.07) is 0. The highest BCUT2D eigenvalue weighted by atomic mass is 19.4. The van der Waals surface area contributed by atoms with Gasteiger partial charge in [-0.2, -0.15) is 13.2 Å². The van der Waals surface area contributed by atoms with Gasteiger partial charge in [-0.15, -0.1) is 0 Å². The van der Waals surface area contributed by atoms with Gasteiger partial charge in [0.15, 0.2) is 0 Å². The zero-order valence-corrected chi connectivity index (χ0v) is 10.6. The Hall–Kier alpha value is -0.820. The molecule has 0 radical (unpaired) electrons. The summed E-state index contributed by atoms with van der Waals surface area (Å²) in [7, 11) is 1.59. The third kappa shape index (κ3) is 4.13. The van der Waals surface area contributed by atoms with Crippen LogP contribution in [0.5, 0.6) is 0 Å². The molecule has 1 fully saturated rings. The summed E-state index contributed by atoms with van der Waals surface area (Å²) in [5.74, 6) is -3.13. The van der Waals surface area contributed by atoms with Crippen molar-refractivity contribution < 1.29 is 22.7 Å². The number of hydrogen-bond donors (Lipinski definition) is 1. The molecule has 1 aliphatic heterocycles. The summed E-state index contributed by atoms with van der Waals surface area (Å²) in [6.45, 7) is 2.93. The van der Waals surface area contributed by atoms with Crippen molar-refractivity contribution in [2.45, 2.75) is 13.1 Å². The Kier molecular flexibility index (Phi) is 5.40. The number of ether oxygens (including phenoxy) is 1. The first-order chi connectivity index (χ1) is 8.36. The first kappa shape index (κ1) is 15.2. The van der Waals surface area contributed by atoms with Gasteiger partial charge in [-0.05, 0) is 14.0 Å². The molecule has 1 N–H and O–H groups in total. The van der Waals surface area contributed by atoms with Crippen LogP contribution in [0, 0.1) is 11.8 Å². The molecule has 1 amide bonds. The van der Waals surface area contributed by atoms with Crippen molar-refractivity contribution in [3.05, 3.63) is 0 Å². The number of nitrogens with one attached hydrogen (secondary N) is 1. The summed E-state index contributed by atoms with van der Waals surface area (Å²) < 4.78 is 43.3. The second kappa shape index (κ2) is 6.38. The van der Waals surface area contributed by atoms with E-state index in [0.29, 0.717) is 13.2 Å². The molecule has 4 nitrogen and oxygen atoms in total. The number of likely N-dealkylation sites (tertiary alicyclic amines) is 1. The maximum atomic E-state index is 12.8. The minimum Gasteiger partial charge on any atom is -0.380 e. The van der Waals surface area contributed by atoms with Crippen LogP contribution in [0.25, 0.3) is 0 Å². The number of carbonyl (C=O) groups is 1. The summed E-state index contributed by atoms with van der Waals surface area (Å²) in [4.78, 5) is 13.3. The molecule has 0 unspecified atom stereocenters. The van der Waals surface area contributed by atoms with E-state index in [0.717, 1.165) is 0 Å². The number of halogens is 3. The predicted octanol–water partition coefficient (Wildman–Crippen LogP) is 0.879. The normalized spacial score (nSPS) is 25.4. The van der Waals surface area contributed by atoms with Crippen LogP contribution in [0.1, 0.15) is 6.92 Å². The van der Waals surface area contributed by atoms with Gasteiger partial charge in [0, 0.05) is 26.2 Å². The average Bonchev–Trinajstić information content (AvgIpc) is 2.66. The van der Waals surface area contributed by atoms with Crippen LogP contribution in [-0.2, 0) is 9.53 Å². The molecule has 1 aliphatic rings. The Morgan fingerprint density at radius 2 is 2.11 bits per heavy atom. The summed E-state index contributed by atoms with van der Waals surface area (Å²) in [5.41, 5.74) is 0. The fourth-order valence-corrected chi connectivity index (χ4v) is 2.12. The Morgan fingerprint density at radius 3 is 2.67 bits per heavy atom. The Balaban J connectivity index is 2.49. The van der Waals surface area contributed by atoms with Crippen LogP contribution in [-0.4, -0.2) is 56.9 Å². The topological polar surface area (TPSA) is 41.6 Å². The summed E-state index contributed by atoms with van der Waals surface area (Å²) >= 11 is 0. The molecule has 1 saturated heterocycles. The lowest BCUT2D eigenvalue weighted by Crippen LogP contribution is -2.41. The first-order valence-electron chi connectivity index (χ1n) is 5.97. The second-order valence-corrected chi connectivity index (χ2v) is 4.46. The zero-order valence-electron chi connectivity index (χ0n) is 10.6. The van der Waals surface area contributed by atoms with E-state index in [1.807, 2.05) is 6.92 Å². The van der Waals surface area contributed by atoms with Crippen LogP contribution in [0.2, 0.25) is 0 Å². The van der Waals surface area contributed by atoms with Crippen molar-refractivity contribution in [3.8, 4) is 0 Å². The van der Waals surface area contributed by atoms with Crippen molar-refractivity contribution in [2.75, 3.05) is 39.9 Å². The van der Waals surface area contributed by atoms with E-state index in [1.54, 1.807) is 7.05 Å². The maximum absolute atomic E-state index is 12.8. The minimum absolute atomic E-state index is 0.118. The molecule has 1 rings (SSSR count). The van der Waals surface area contributed by atoms with E-state index >= 15 is 0 Å². The number of rotatable bonds is 5. The Bertz CT molecular complexity index is 284. The number of carbonyl (C=O) groups excluding carboxylic acids is 1. The Labute approximate surface area is 104 Å². The third-order valence-corrected chi connectivity index (χ3v) is 3.01. The van der Waals surface area contributed by atoms with Crippen molar-refractivity contribution in [3.63, 3.8) is 0 Å². The standard InChI is InChI=1S/C11H19F3N2O2/c1-3-18-5-4-15-10(17)8-6-16(2)7-9(8)11(12,13)14/h8-9H,3-7H2,1-2H3,(H,15,17)/t8-,9-/m1/s1. The van der Waals surface area contributed by atoms with Gasteiger partial charge in [0.05, 0.1) is 18.4 Å². The molecule has 2 atom stereocenters. The molecule has 0 aromatic carbocycles. The zero-order chi connectivity index (χ0) is 13.8. The lowest BCUT2D eigenvalue weighted by atomic mass is 9.94. The van der Waals surface area contributed by atoms with E-state index in [4.69, 9.17) is 4.74 Å². The lowest BCUT2D eigenvalue weighted by molar-refractivity contribution is -0.183. The van der Waals surface area contributed by atoms with Crippen LogP contribution in [0.4, 0.5) is 13.2 Å².